The highest BCUT2D eigenvalue weighted by Gasteiger charge is 2.23. The first kappa shape index (κ1) is 13.8. The van der Waals surface area contributed by atoms with Crippen molar-refractivity contribution in [2.45, 2.75) is 13.0 Å². The topological polar surface area (TPSA) is 53.4 Å². The van der Waals surface area contributed by atoms with E-state index in [0.29, 0.717) is 18.7 Å². The molecule has 114 valence electrons. The summed E-state index contributed by atoms with van der Waals surface area (Å²) in [5.74, 6) is 0.255. The Hall–Kier alpha value is -2.88. The van der Waals surface area contributed by atoms with Crippen molar-refractivity contribution in [1.29, 1.82) is 0 Å². The summed E-state index contributed by atoms with van der Waals surface area (Å²) in [6.07, 6.45) is 2.54. The molecule has 3 aromatic rings. The number of rotatable bonds is 1. The fourth-order valence-corrected chi connectivity index (χ4v) is 3.18. The number of phenolic OH excluding ortho intramolecular Hbond substituents is 1. The van der Waals surface area contributed by atoms with E-state index in [-0.39, 0.29) is 11.7 Å². The highest BCUT2D eigenvalue weighted by atomic mass is 16.3. The summed E-state index contributed by atoms with van der Waals surface area (Å²) in [5.41, 5.74) is 3.72. The van der Waals surface area contributed by atoms with Gasteiger partial charge in [-0.1, -0.05) is 18.2 Å². The Morgan fingerprint density at radius 3 is 2.91 bits per heavy atom. The third-order valence-corrected chi connectivity index (χ3v) is 4.37. The minimum absolute atomic E-state index is 0.0117. The van der Waals surface area contributed by atoms with Crippen LogP contribution in [0.2, 0.25) is 0 Å². The zero-order chi connectivity index (χ0) is 15.8. The standard InChI is InChI=1S/C19H16N2O2/c22-15-7-6-13-8-10-21(12-14(13)11-15)19(23)17-3-1-5-18-16(17)4-2-9-20-18/h1-7,9,11,22H,8,10,12H2. The van der Waals surface area contributed by atoms with E-state index in [9.17, 15) is 9.90 Å². The summed E-state index contributed by atoms with van der Waals surface area (Å²) >= 11 is 0. The number of benzene rings is 2. The van der Waals surface area contributed by atoms with Gasteiger partial charge in [0, 0.05) is 30.2 Å². The molecular weight excluding hydrogens is 288 g/mol. The summed E-state index contributed by atoms with van der Waals surface area (Å²) in [6, 6.07) is 14.8. The van der Waals surface area contributed by atoms with Crippen molar-refractivity contribution >= 4 is 16.8 Å². The van der Waals surface area contributed by atoms with Crippen LogP contribution in [0.25, 0.3) is 10.9 Å². The number of hydrogen-bond donors (Lipinski definition) is 1. The molecule has 1 N–H and O–H groups in total. The monoisotopic (exact) mass is 304 g/mol. The second kappa shape index (κ2) is 5.39. The first-order valence-corrected chi connectivity index (χ1v) is 7.66. The van der Waals surface area contributed by atoms with E-state index in [2.05, 4.69) is 4.98 Å². The van der Waals surface area contributed by atoms with Gasteiger partial charge in [-0.05, 0) is 47.9 Å². The molecule has 0 saturated heterocycles. The zero-order valence-corrected chi connectivity index (χ0v) is 12.6. The summed E-state index contributed by atoms with van der Waals surface area (Å²) in [5, 5.41) is 10.5. The van der Waals surface area contributed by atoms with Gasteiger partial charge in [-0.3, -0.25) is 9.78 Å². The Kier molecular flexibility index (Phi) is 3.23. The lowest BCUT2D eigenvalue weighted by atomic mass is 9.98. The van der Waals surface area contributed by atoms with Gasteiger partial charge < -0.3 is 10.0 Å². The predicted molar refractivity (Wildman–Crippen MR) is 88.3 cm³/mol. The largest absolute Gasteiger partial charge is 0.508 e. The number of fused-ring (bicyclic) bond motifs is 2. The second-order valence-electron chi connectivity index (χ2n) is 5.81. The van der Waals surface area contributed by atoms with Gasteiger partial charge in [-0.25, -0.2) is 0 Å². The molecule has 0 spiro atoms. The number of amides is 1. The fourth-order valence-electron chi connectivity index (χ4n) is 3.18. The van der Waals surface area contributed by atoms with Crippen LogP contribution < -0.4 is 0 Å². The Balaban J connectivity index is 1.70. The number of aromatic hydroxyl groups is 1. The van der Waals surface area contributed by atoms with Crippen molar-refractivity contribution in [2.75, 3.05) is 6.54 Å². The molecule has 0 atom stereocenters. The predicted octanol–water partition coefficient (Wildman–Crippen LogP) is 3.14. The van der Waals surface area contributed by atoms with Crippen molar-refractivity contribution in [3.05, 3.63) is 71.4 Å². The number of phenols is 1. The van der Waals surface area contributed by atoms with Crippen LogP contribution in [0.5, 0.6) is 5.75 Å². The van der Waals surface area contributed by atoms with E-state index in [0.717, 1.165) is 22.9 Å². The molecular formula is C19H16N2O2. The molecule has 2 heterocycles. The molecule has 2 aromatic carbocycles. The maximum absolute atomic E-state index is 12.9. The molecule has 4 rings (SSSR count). The van der Waals surface area contributed by atoms with Gasteiger partial charge in [-0.2, -0.15) is 0 Å². The van der Waals surface area contributed by atoms with E-state index in [1.165, 1.54) is 5.56 Å². The van der Waals surface area contributed by atoms with Gasteiger partial charge >= 0.3 is 0 Å². The fraction of sp³-hybridized carbons (Fsp3) is 0.158. The highest BCUT2D eigenvalue weighted by Crippen LogP contribution is 2.25. The Morgan fingerprint density at radius 1 is 1.09 bits per heavy atom. The molecule has 23 heavy (non-hydrogen) atoms. The Labute approximate surface area is 134 Å². The van der Waals surface area contributed by atoms with Crippen LogP contribution in [0.15, 0.2) is 54.7 Å². The molecule has 1 aliphatic rings. The molecule has 4 heteroatoms. The molecule has 0 saturated carbocycles. The van der Waals surface area contributed by atoms with Gasteiger partial charge in [0.1, 0.15) is 5.75 Å². The lowest BCUT2D eigenvalue weighted by Crippen LogP contribution is -2.36. The van der Waals surface area contributed by atoms with Gasteiger partial charge in [-0.15, -0.1) is 0 Å². The Bertz CT molecular complexity index is 900. The molecule has 4 nitrogen and oxygen atoms in total. The molecule has 0 aliphatic carbocycles. The number of pyridine rings is 1. The normalized spacial score (nSPS) is 13.8. The molecule has 0 unspecified atom stereocenters. The van der Waals surface area contributed by atoms with E-state index >= 15 is 0 Å². The molecule has 1 aliphatic heterocycles. The summed E-state index contributed by atoms with van der Waals surface area (Å²) in [7, 11) is 0. The SMILES string of the molecule is O=C(c1cccc2ncccc12)N1CCc2ccc(O)cc2C1. The molecule has 0 bridgehead atoms. The van der Waals surface area contributed by atoms with Crippen molar-refractivity contribution in [3.63, 3.8) is 0 Å². The van der Waals surface area contributed by atoms with Crippen molar-refractivity contribution in [1.82, 2.24) is 9.88 Å². The first-order valence-electron chi connectivity index (χ1n) is 7.66. The quantitative estimate of drug-likeness (QED) is 0.751. The van der Waals surface area contributed by atoms with E-state index in [1.807, 2.05) is 41.3 Å². The number of hydrogen-bond acceptors (Lipinski definition) is 3. The molecule has 0 fully saturated rings. The van der Waals surface area contributed by atoms with Crippen LogP contribution in [-0.4, -0.2) is 27.4 Å². The third kappa shape index (κ3) is 2.42. The first-order chi connectivity index (χ1) is 11.2. The molecule has 0 radical (unpaired) electrons. The van der Waals surface area contributed by atoms with Crippen LogP contribution in [0.1, 0.15) is 21.5 Å². The van der Waals surface area contributed by atoms with Crippen LogP contribution in [0.4, 0.5) is 0 Å². The zero-order valence-electron chi connectivity index (χ0n) is 12.6. The lowest BCUT2D eigenvalue weighted by molar-refractivity contribution is 0.0736. The number of aromatic nitrogens is 1. The number of nitrogens with zero attached hydrogens (tertiary/aromatic N) is 2. The Morgan fingerprint density at radius 2 is 2.00 bits per heavy atom. The van der Waals surface area contributed by atoms with E-state index in [4.69, 9.17) is 0 Å². The summed E-state index contributed by atoms with van der Waals surface area (Å²) < 4.78 is 0. The van der Waals surface area contributed by atoms with Gasteiger partial charge in [0.2, 0.25) is 0 Å². The summed E-state index contributed by atoms with van der Waals surface area (Å²) in [4.78, 5) is 19.1. The van der Waals surface area contributed by atoms with Crippen molar-refractivity contribution in [2.24, 2.45) is 0 Å². The minimum Gasteiger partial charge on any atom is -0.508 e. The van der Waals surface area contributed by atoms with Crippen LogP contribution in [-0.2, 0) is 13.0 Å². The van der Waals surface area contributed by atoms with Crippen LogP contribution in [0.3, 0.4) is 0 Å². The average Bonchev–Trinajstić information content (AvgIpc) is 2.60. The van der Waals surface area contributed by atoms with Crippen LogP contribution in [0, 0.1) is 0 Å². The van der Waals surface area contributed by atoms with E-state index in [1.54, 1.807) is 18.3 Å². The third-order valence-electron chi connectivity index (χ3n) is 4.37. The number of carbonyl (C=O) groups is 1. The molecule has 1 aromatic heterocycles. The van der Waals surface area contributed by atoms with Crippen molar-refractivity contribution < 1.29 is 9.90 Å². The maximum Gasteiger partial charge on any atom is 0.254 e. The second-order valence-corrected chi connectivity index (χ2v) is 5.81. The number of carbonyl (C=O) groups excluding carboxylic acids is 1. The smallest absolute Gasteiger partial charge is 0.254 e. The van der Waals surface area contributed by atoms with Gasteiger partial charge in [0.15, 0.2) is 0 Å². The minimum atomic E-state index is 0.0117. The summed E-state index contributed by atoms with van der Waals surface area (Å²) in [6.45, 7) is 1.21. The van der Waals surface area contributed by atoms with Gasteiger partial charge in [0.25, 0.3) is 5.91 Å². The average molecular weight is 304 g/mol. The van der Waals surface area contributed by atoms with Gasteiger partial charge in [0.05, 0.1) is 5.52 Å². The van der Waals surface area contributed by atoms with Crippen LogP contribution >= 0.6 is 0 Å². The van der Waals surface area contributed by atoms with Crippen molar-refractivity contribution in [3.8, 4) is 5.75 Å². The molecule has 1 amide bonds. The lowest BCUT2D eigenvalue weighted by Gasteiger charge is -2.29. The highest BCUT2D eigenvalue weighted by molar-refractivity contribution is 6.06. The van der Waals surface area contributed by atoms with E-state index < -0.39 is 0 Å². The maximum atomic E-state index is 12.9.